The molecule has 4 heteroatoms. The van der Waals surface area contributed by atoms with Crippen molar-refractivity contribution < 1.29 is 4.42 Å². The molecule has 2 aromatic heterocycles. The van der Waals surface area contributed by atoms with Gasteiger partial charge in [-0.3, -0.25) is 0 Å². The Balaban J connectivity index is 1.03. The number of nitrogens with zero attached hydrogens (tertiary/aromatic N) is 3. The van der Waals surface area contributed by atoms with Crippen LogP contribution in [0.15, 0.2) is 199 Å². The van der Waals surface area contributed by atoms with Gasteiger partial charge in [-0.05, 0) is 75.7 Å². The number of hydrogen-bond acceptors (Lipinski definition) is 4. The van der Waals surface area contributed by atoms with E-state index in [1.807, 2.05) is 48.5 Å². The maximum Gasteiger partial charge on any atom is 0.164 e. The summed E-state index contributed by atoms with van der Waals surface area (Å²) >= 11 is 0. The number of rotatable bonds is 7. The number of furan rings is 1. The van der Waals surface area contributed by atoms with Crippen molar-refractivity contribution in [2.24, 2.45) is 0 Å². The average molecular weight is 706 g/mol. The minimum Gasteiger partial charge on any atom is -0.456 e. The summed E-state index contributed by atoms with van der Waals surface area (Å²) in [5, 5.41) is 2.05. The fraction of sp³-hybridized carbons (Fsp3) is 0.0392. The maximum atomic E-state index is 6.47. The zero-order valence-electron chi connectivity index (χ0n) is 30.0. The van der Waals surface area contributed by atoms with E-state index in [0.717, 1.165) is 56.2 Å². The van der Waals surface area contributed by atoms with E-state index in [1.54, 1.807) is 0 Å². The lowest BCUT2D eigenvalue weighted by molar-refractivity contribution is 0.668. The van der Waals surface area contributed by atoms with Crippen LogP contribution in [0.3, 0.4) is 0 Å². The molecule has 7 aromatic carbocycles. The summed E-state index contributed by atoms with van der Waals surface area (Å²) in [6.07, 6.45) is 7.88. The molecule has 0 fully saturated rings. The standard InChI is InChI=1S/C51H35N3O/c1-4-13-34(14-5-1)39-19-10-20-40(31-39)36-25-27-37(28-26-36)42-29-30-46-45(33-42)48-44(23-12-24-47(48)55-46)51-53-49(38-17-8-3-9-18-38)52-50(54-51)43-22-11-21-41(32-43)35-15-6-2-7-16-35/h1-27,29-33,37H,28H2. The Labute approximate surface area is 319 Å². The van der Waals surface area contributed by atoms with Crippen LogP contribution < -0.4 is 0 Å². The van der Waals surface area contributed by atoms with Crippen LogP contribution in [0.25, 0.3) is 83.9 Å². The highest BCUT2D eigenvalue weighted by molar-refractivity contribution is 6.12. The minimum absolute atomic E-state index is 0.243. The Bertz CT molecular complexity index is 2890. The quantitative estimate of drug-likeness (QED) is 0.166. The second-order valence-corrected chi connectivity index (χ2v) is 14.0. The van der Waals surface area contributed by atoms with E-state index in [2.05, 4.69) is 146 Å². The van der Waals surface area contributed by atoms with E-state index in [9.17, 15) is 0 Å². The second kappa shape index (κ2) is 14.0. The number of hydrogen-bond donors (Lipinski definition) is 0. The molecular weight excluding hydrogens is 671 g/mol. The molecule has 9 aromatic rings. The molecule has 0 radical (unpaired) electrons. The summed E-state index contributed by atoms with van der Waals surface area (Å²) in [5.74, 6) is 2.10. The van der Waals surface area contributed by atoms with Crippen LogP contribution in [0, 0.1) is 0 Å². The van der Waals surface area contributed by atoms with Gasteiger partial charge < -0.3 is 4.42 Å². The molecule has 2 heterocycles. The smallest absolute Gasteiger partial charge is 0.164 e. The van der Waals surface area contributed by atoms with Crippen LogP contribution in [0.1, 0.15) is 23.5 Å². The van der Waals surface area contributed by atoms with E-state index in [0.29, 0.717) is 17.5 Å². The summed E-state index contributed by atoms with van der Waals surface area (Å²) in [5.41, 5.74) is 12.8. The summed E-state index contributed by atoms with van der Waals surface area (Å²) in [6.45, 7) is 0. The molecule has 0 amide bonds. The minimum atomic E-state index is 0.243. The first-order valence-corrected chi connectivity index (χ1v) is 18.7. The highest BCUT2D eigenvalue weighted by Crippen LogP contribution is 2.40. The molecular formula is C51H35N3O. The highest BCUT2D eigenvalue weighted by atomic mass is 16.3. The van der Waals surface area contributed by atoms with Crippen LogP contribution in [-0.2, 0) is 0 Å². The van der Waals surface area contributed by atoms with E-state index < -0.39 is 0 Å². The summed E-state index contributed by atoms with van der Waals surface area (Å²) < 4.78 is 6.47. The van der Waals surface area contributed by atoms with Crippen molar-refractivity contribution in [2.75, 3.05) is 0 Å². The van der Waals surface area contributed by atoms with Crippen LogP contribution in [0.4, 0.5) is 0 Å². The van der Waals surface area contributed by atoms with Crippen molar-refractivity contribution in [3.63, 3.8) is 0 Å². The monoisotopic (exact) mass is 705 g/mol. The Morgan fingerprint density at radius 2 is 1.00 bits per heavy atom. The van der Waals surface area contributed by atoms with Gasteiger partial charge in [0.1, 0.15) is 11.2 Å². The Hall–Kier alpha value is -7.17. The van der Waals surface area contributed by atoms with Gasteiger partial charge in [-0.2, -0.15) is 0 Å². The normalized spacial score (nSPS) is 14.0. The lowest BCUT2D eigenvalue weighted by Crippen LogP contribution is -2.00. The molecule has 1 atom stereocenters. The van der Waals surface area contributed by atoms with Crippen molar-refractivity contribution in [3.05, 3.63) is 205 Å². The van der Waals surface area contributed by atoms with Gasteiger partial charge in [0.05, 0.1) is 0 Å². The van der Waals surface area contributed by atoms with Gasteiger partial charge in [0.25, 0.3) is 0 Å². The molecule has 0 saturated carbocycles. The molecule has 0 saturated heterocycles. The largest absolute Gasteiger partial charge is 0.456 e. The molecule has 10 rings (SSSR count). The van der Waals surface area contributed by atoms with Gasteiger partial charge in [-0.25, -0.2) is 15.0 Å². The predicted octanol–water partition coefficient (Wildman–Crippen LogP) is 13.2. The maximum absolute atomic E-state index is 6.47. The van der Waals surface area contributed by atoms with Gasteiger partial charge >= 0.3 is 0 Å². The third-order valence-electron chi connectivity index (χ3n) is 10.5. The zero-order valence-corrected chi connectivity index (χ0v) is 30.0. The number of fused-ring (bicyclic) bond motifs is 3. The molecule has 0 bridgehead atoms. The lowest BCUT2D eigenvalue weighted by atomic mass is 9.87. The van der Waals surface area contributed by atoms with Gasteiger partial charge in [0, 0.05) is 33.4 Å². The first-order chi connectivity index (χ1) is 27.2. The van der Waals surface area contributed by atoms with E-state index in [-0.39, 0.29) is 5.92 Å². The number of benzene rings is 7. The molecule has 1 unspecified atom stereocenters. The van der Waals surface area contributed by atoms with Gasteiger partial charge in [0.2, 0.25) is 0 Å². The molecule has 1 aliphatic carbocycles. The second-order valence-electron chi connectivity index (χ2n) is 14.0. The van der Waals surface area contributed by atoms with Crippen LogP contribution in [0.2, 0.25) is 0 Å². The zero-order chi connectivity index (χ0) is 36.6. The SMILES string of the molecule is C1=CC(c2ccc3oc4cccc(-c5nc(-c6ccccc6)nc(-c6cccc(-c7ccccc7)c6)n5)c4c3c2)CC=C1c1cccc(-c2ccccc2)c1. The van der Waals surface area contributed by atoms with Crippen molar-refractivity contribution >= 4 is 27.5 Å². The van der Waals surface area contributed by atoms with Gasteiger partial charge in [0.15, 0.2) is 17.5 Å². The average Bonchev–Trinajstić information content (AvgIpc) is 3.66. The third kappa shape index (κ3) is 6.34. The molecule has 0 N–H and O–H groups in total. The molecule has 55 heavy (non-hydrogen) atoms. The first-order valence-electron chi connectivity index (χ1n) is 18.7. The van der Waals surface area contributed by atoms with Crippen molar-refractivity contribution in [1.82, 2.24) is 15.0 Å². The van der Waals surface area contributed by atoms with E-state index in [1.165, 1.54) is 27.8 Å². The van der Waals surface area contributed by atoms with Crippen molar-refractivity contribution in [1.29, 1.82) is 0 Å². The van der Waals surface area contributed by atoms with Crippen molar-refractivity contribution in [3.8, 4) is 56.4 Å². The molecule has 4 nitrogen and oxygen atoms in total. The third-order valence-corrected chi connectivity index (χ3v) is 10.5. The van der Waals surface area contributed by atoms with Crippen molar-refractivity contribution in [2.45, 2.75) is 12.3 Å². The molecule has 1 aliphatic rings. The number of allylic oxidation sites excluding steroid dienone is 4. The Kier molecular flexibility index (Phi) is 8.27. The molecule has 0 spiro atoms. The van der Waals surface area contributed by atoms with Crippen LogP contribution >= 0.6 is 0 Å². The lowest BCUT2D eigenvalue weighted by Gasteiger charge is -2.17. The van der Waals surface area contributed by atoms with E-state index in [4.69, 9.17) is 19.4 Å². The topological polar surface area (TPSA) is 51.8 Å². The predicted molar refractivity (Wildman–Crippen MR) is 225 cm³/mol. The first kappa shape index (κ1) is 32.5. The van der Waals surface area contributed by atoms with Gasteiger partial charge in [-0.1, -0.05) is 164 Å². The molecule has 260 valence electrons. The van der Waals surface area contributed by atoms with Crippen LogP contribution in [0.5, 0.6) is 0 Å². The summed E-state index contributed by atoms with van der Waals surface area (Å²) in [7, 11) is 0. The fourth-order valence-electron chi connectivity index (χ4n) is 7.66. The highest BCUT2D eigenvalue weighted by Gasteiger charge is 2.20. The van der Waals surface area contributed by atoms with Crippen LogP contribution in [-0.4, -0.2) is 15.0 Å². The molecule has 0 aliphatic heterocycles. The number of aromatic nitrogens is 3. The van der Waals surface area contributed by atoms with Gasteiger partial charge in [-0.15, -0.1) is 0 Å². The fourth-order valence-corrected chi connectivity index (χ4v) is 7.66. The Morgan fingerprint density at radius 3 is 1.67 bits per heavy atom. The van der Waals surface area contributed by atoms with E-state index >= 15 is 0 Å². The summed E-state index contributed by atoms with van der Waals surface area (Å²) in [6, 6.07) is 61.0. The Morgan fingerprint density at radius 1 is 0.436 bits per heavy atom. The summed E-state index contributed by atoms with van der Waals surface area (Å²) in [4.78, 5) is 15.3.